The van der Waals surface area contributed by atoms with Gasteiger partial charge in [0.25, 0.3) is 0 Å². The van der Waals surface area contributed by atoms with Gasteiger partial charge in [-0.05, 0) is 91.9 Å². The Morgan fingerprint density at radius 3 is 1.23 bits per heavy atom. The second kappa shape index (κ2) is 40.5. The Kier molecular flexibility index (Phi) is 33.1. The van der Waals surface area contributed by atoms with Crippen LogP contribution in [0.5, 0.6) is 0 Å². The zero-order valence-electron chi connectivity index (χ0n) is 50.7. The van der Waals surface area contributed by atoms with Crippen molar-refractivity contribution in [1.82, 2.24) is 48.9 Å². The van der Waals surface area contributed by atoms with E-state index >= 15 is 0 Å². The summed E-state index contributed by atoms with van der Waals surface area (Å²) in [5.74, 6) is 0.867. The van der Waals surface area contributed by atoms with Gasteiger partial charge in [-0.2, -0.15) is 146 Å². The number of aromatic nitrogens is 10. The Bertz CT molecular complexity index is 4170. The van der Waals surface area contributed by atoms with E-state index in [1.807, 2.05) is 194 Å². The minimum Gasteiger partial charge on any atom is -0.266 e. The summed E-state index contributed by atoms with van der Waals surface area (Å²) in [6, 6.07) is 99.2. The molecule has 14 rings (SSSR count). The van der Waals surface area contributed by atoms with E-state index in [2.05, 4.69) is 204 Å². The molecule has 0 saturated heterocycles. The molecule has 92 heavy (non-hydrogen) atoms. The monoisotopic (exact) mass is 2110 g/mol. The molecule has 0 spiro atoms. The topological polar surface area (TPSA) is 89.1 Å². The van der Waals surface area contributed by atoms with Gasteiger partial charge in [-0.25, -0.2) is 0 Å². The van der Waals surface area contributed by atoms with Gasteiger partial charge in [0.15, 0.2) is 0 Å². The Labute approximate surface area is 613 Å². The van der Waals surface area contributed by atoms with Gasteiger partial charge >= 0.3 is 0 Å². The fourth-order valence-electron chi connectivity index (χ4n) is 9.37. The molecule has 1 unspecified atom stereocenters. The maximum Gasteiger partial charge on any atom is 0.0531 e. The molecule has 0 amide bonds. The van der Waals surface area contributed by atoms with Crippen LogP contribution in [0.15, 0.2) is 304 Å². The normalized spacial score (nSPS) is 10.3. The number of hydrogen-bond acceptors (Lipinski definition) is 5. The van der Waals surface area contributed by atoms with Crippen LogP contribution in [-0.2, 0) is 125 Å². The first-order chi connectivity index (χ1) is 42.9. The van der Waals surface area contributed by atoms with Crippen molar-refractivity contribution in [1.29, 1.82) is 0 Å². The van der Waals surface area contributed by atoms with Gasteiger partial charge in [0.2, 0.25) is 0 Å². The molecule has 0 fully saturated rings. The van der Waals surface area contributed by atoms with Crippen molar-refractivity contribution in [2.24, 2.45) is 0 Å². The minimum absolute atomic E-state index is 0. The molecule has 5 aromatic heterocycles. The van der Waals surface area contributed by atoms with Crippen LogP contribution in [0, 0.1) is 30.3 Å². The van der Waals surface area contributed by atoms with Crippen molar-refractivity contribution in [3.63, 3.8) is 0 Å². The molecule has 10 nitrogen and oxygen atoms in total. The van der Waals surface area contributed by atoms with Crippen molar-refractivity contribution in [3.8, 4) is 28.4 Å². The first kappa shape index (κ1) is 75.2. The minimum atomic E-state index is 0. The molecule has 14 aromatic rings. The van der Waals surface area contributed by atoms with Crippen molar-refractivity contribution in [2.45, 2.75) is 51.9 Å². The molecule has 0 radical (unpaired) electrons. The molecule has 0 aliphatic rings. The zero-order chi connectivity index (χ0) is 59.7. The van der Waals surface area contributed by atoms with Crippen molar-refractivity contribution < 1.29 is 105 Å². The summed E-state index contributed by atoms with van der Waals surface area (Å²) in [7, 11) is 0. The molecule has 0 saturated carbocycles. The van der Waals surface area contributed by atoms with E-state index in [4.69, 9.17) is 0 Å². The fraction of sp³-hybridized carbons (Fsp3) is 0.104. The summed E-state index contributed by atoms with van der Waals surface area (Å²) in [6.45, 7) is 6.53. The van der Waals surface area contributed by atoms with E-state index in [9.17, 15) is 0 Å². The smallest absolute Gasteiger partial charge is 0.0531 e. The second-order valence-electron chi connectivity index (χ2n) is 20.8. The Morgan fingerprint density at radius 1 is 0.315 bits per heavy atom. The van der Waals surface area contributed by atoms with Crippen LogP contribution in [-0.4, -0.2) is 48.9 Å². The summed E-state index contributed by atoms with van der Waals surface area (Å²) >= 11 is 0. The number of nitrogens with zero attached hydrogens (tertiary/aromatic N) is 10. The van der Waals surface area contributed by atoms with Gasteiger partial charge in [0.1, 0.15) is 0 Å². The Morgan fingerprint density at radius 2 is 0.750 bits per heavy atom. The van der Waals surface area contributed by atoms with Crippen LogP contribution < -0.4 is 0 Å². The van der Waals surface area contributed by atoms with Crippen molar-refractivity contribution in [3.05, 3.63) is 385 Å². The molecule has 0 aliphatic heterocycles. The van der Waals surface area contributed by atoms with Gasteiger partial charge in [-0.3, -0.25) is 23.4 Å². The van der Waals surface area contributed by atoms with Crippen molar-refractivity contribution in [2.75, 3.05) is 0 Å². The molecular formula is C77H67N10Pt5-5. The van der Waals surface area contributed by atoms with Gasteiger partial charge in [-0.15, -0.1) is 30.3 Å². The molecule has 15 heteroatoms. The molecule has 5 heterocycles. The molecule has 0 bridgehead atoms. The third-order valence-electron chi connectivity index (χ3n) is 14.1. The fourth-order valence-corrected chi connectivity index (χ4v) is 9.37. The van der Waals surface area contributed by atoms with E-state index in [1.165, 1.54) is 50.2 Å². The summed E-state index contributed by atoms with van der Waals surface area (Å²) in [6.07, 6.45) is 20.2. The summed E-state index contributed by atoms with van der Waals surface area (Å²) in [4.78, 5) is 0. The van der Waals surface area contributed by atoms with Gasteiger partial charge in [-0.1, -0.05) is 142 Å². The maximum absolute atomic E-state index is 4.42. The van der Waals surface area contributed by atoms with E-state index in [0.717, 1.165) is 47.7 Å². The maximum atomic E-state index is 4.42. The largest absolute Gasteiger partial charge is 0.266 e. The molecule has 0 N–H and O–H groups in total. The van der Waals surface area contributed by atoms with Crippen molar-refractivity contribution >= 4 is 0 Å². The first-order valence-electron chi connectivity index (χ1n) is 29.1. The van der Waals surface area contributed by atoms with Crippen LogP contribution >= 0.6 is 0 Å². The molecule has 1 atom stereocenters. The van der Waals surface area contributed by atoms with Gasteiger partial charge in [0.05, 0.1) is 18.6 Å². The van der Waals surface area contributed by atoms with E-state index in [1.54, 1.807) is 6.20 Å². The van der Waals surface area contributed by atoms with Gasteiger partial charge < -0.3 is 0 Å². The number of rotatable bonds is 14. The SMILES string of the molecule is CC(C)c1cnn(-c2[c-]cccc2)c1.CC(c1ccccc1)c1cnn(-c2[c-]cccc2)c1.[Pt].[Pt].[Pt].[Pt].[Pt].[c-]1ccc(Cc2ccccc2)cc1-n1cccn1.[c-]1ccccc1-n1cc(Cc2ccccc2)cn1.[c-]1ccccc1-n1nccc1Cc1ccccc1. The Hall–Kier alpha value is -7.53. The van der Waals surface area contributed by atoms with Crippen LogP contribution in [0.4, 0.5) is 0 Å². The standard InChI is InChI=1S/C17H15N2.3C16H13N2.C12H13N2.5Pt/c1-14(15-8-4-2-5-9-15)16-12-18-19(13-16)17-10-6-3-7-11-17;1-3-7-14(8-4-1)11-15-12-17-18(13-15)16-9-5-2-6-10-16;1-3-7-14(8-4-1)13-16-11-12-17-18(16)15-9-5-2-6-10-15;1-2-6-14(7-3-1)12-15-8-4-9-16(13-15)18-11-5-10-17-18;1-10(2)11-8-13-14(9-11)12-6-4-3-5-7-12;;;;;/h2-10,12-14H,1H3;1-9,12-13H,11H2;1-9,11-12H,13H2;1-8,10-11,13H,12H2;3-6,8-10H,1-2H3;;;;;/q5*-1;;;;;. The zero-order valence-corrected chi connectivity index (χ0v) is 62.1. The quantitative estimate of drug-likeness (QED) is 0.101. The predicted molar refractivity (Wildman–Crippen MR) is 348 cm³/mol. The van der Waals surface area contributed by atoms with Crippen LogP contribution in [0.25, 0.3) is 28.4 Å². The number of hydrogen-bond donors (Lipinski definition) is 0. The first-order valence-corrected chi connectivity index (χ1v) is 29.1. The number of para-hydroxylation sites is 4. The number of benzene rings is 9. The third-order valence-corrected chi connectivity index (χ3v) is 14.1. The summed E-state index contributed by atoms with van der Waals surface area (Å²) < 4.78 is 9.35. The molecule has 9 aromatic carbocycles. The second-order valence-corrected chi connectivity index (χ2v) is 20.8. The van der Waals surface area contributed by atoms with Crippen LogP contribution in [0.1, 0.15) is 82.8 Å². The van der Waals surface area contributed by atoms with E-state index < -0.39 is 0 Å². The van der Waals surface area contributed by atoms with E-state index in [0.29, 0.717) is 11.8 Å². The third kappa shape index (κ3) is 22.9. The predicted octanol–water partition coefficient (Wildman–Crippen LogP) is 16.4. The van der Waals surface area contributed by atoms with Crippen LogP contribution in [0.2, 0.25) is 0 Å². The molecule has 0 aliphatic carbocycles. The van der Waals surface area contributed by atoms with E-state index in [-0.39, 0.29) is 105 Å². The average Bonchev–Trinajstić information content (AvgIpc) is 1.88. The Balaban J connectivity index is 0.000000207. The average molecular weight is 2110 g/mol. The van der Waals surface area contributed by atoms with Gasteiger partial charge in [0, 0.05) is 167 Å². The summed E-state index contributed by atoms with van der Waals surface area (Å²) in [5, 5.41) is 21.7. The molecule has 480 valence electrons. The van der Waals surface area contributed by atoms with Crippen LogP contribution in [0.3, 0.4) is 0 Å². The summed E-state index contributed by atoms with van der Waals surface area (Å²) in [5.41, 5.74) is 16.2. The molecular weight excluding hydrogens is 2040 g/mol.